The minimum absolute atomic E-state index is 0.0456. The molecule has 0 radical (unpaired) electrons. The zero-order valence-corrected chi connectivity index (χ0v) is 24.5. The number of nitrogens with zero attached hydrogens (tertiary/aromatic N) is 2. The second-order valence-corrected chi connectivity index (χ2v) is 10.6. The Morgan fingerprint density at radius 1 is 0.825 bits per heavy atom. The van der Waals surface area contributed by atoms with Crippen molar-refractivity contribution in [1.82, 2.24) is 14.9 Å². The highest BCUT2D eigenvalue weighted by atomic mass is 16.5. The molecule has 4 rings (SSSR count). The van der Waals surface area contributed by atoms with Gasteiger partial charge in [-0.2, -0.15) is 0 Å². The van der Waals surface area contributed by atoms with Crippen molar-refractivity contribution in [1.29, 1.82) is 0 Å². The second kappa shape index (κ2) is 14.5. The molecule has 0 unspecified atom stereocenters. The highest BCUT2D eigenvalue weighted by Gasteiger charge is 2.11. The predicted molar refractivity (Wildman–Crippen MR) is 162 cm³/mol. The topological polar surface area (TPSA) is 65.4 Å². The third kappa shape index (κ3) is 8.10. The van der Waals surface area contributed by atoms with E-state index in [1.165, 1.54) is 16.6 Å². The van der Waals surface area contributed by atoms with E-state index in [1.54, 1.807) is 0 Å². The van der Waals surface area contributed by atoms with E-state index < -0.39 is 0 Å². The standard InChI is InChI=1S/C34H43N3O3/c1-25-18-19-27(3)32(23-25)40-24-34(38)35-20-9-5-6-17-33-36-29-14-7-8-15-30(29)37(33)21-10-11-22-39-31-16-12-13-26(2)28(31)4/h7-8,12-16,18-19,23H,5-6,9-11,17,20-22,24H2,1-4H3,(H,35,38). The Kier molecular flexibility index (Phi) is 10.6. The first-order chi connectivity index (χ1) is 19.4. The molecule has 0 saturated heterocycles. The SMILES string of the molecule is Cc1ccc(C)c(OCC(=O)NCCCCCc2nc3ccccc3n2CCCCOc2cccc(C)c2C)c1. The van der Waals surface area contributed by atoms with Crippen molar-refractivity contribution in [2.24, 2.45) is 0 Å². The van der Waals surface area contributed by atoms with E-state index in [1.807, 2.05) is 38.1 Å². The van der Waals surface area contributed by atoms with Gasteiger partial charge in [-0.3, -0.25) is 4.79 Å². The van der Waals surface area contributed by atoms with Crippen molar-refractivity contribution >= 4 is 16.9 Å². The zero-order valence-electron chi connectivity index (χ0n) is 24.5. The first-order valence-corrected chi connectivity index (χ1v) is 14.5. The van der Waals surface area contributed by atoms with Gasteiger partial charge in [-0.1, -0.05) is 42.8 Å². The molecule has 6 heteroatoms. The third-order valence-electron chi connectivity index (χ3n) is 7.42. The van der Waals surface area contributed by atoms with Crippen molar-refractivity contribution in [3.8, 4) is 11.5 Å². The van der Waals surface area contributed by atoms with Crippen molar-refractivity contribution in [3.63, 3.8) is 0 Å². The number of ether oxygens (including phenoxy) is 2. The maximum Gasteiger partial charge on any atom is 0.257 e. The molecule has 212 valence electrons. The number of benzene rings is 3. The second-order valence-electron chi connectivity index (χ2n) is 10.6. The maximum absolute atomic E-state index is 12.2. The van der Waals surface area contributed by atoms with E-state index in [0.717, 1.165) is 79.0 Å². The number of rotatable bonds is 15. The number of amides is 1. The van der Waals surface area contributed by atoms with Gasteiger partial charge in [0.05, 0.1) is 17.6 Å². The van der Waals surface area contributed by atoms with E-state index in [9.17, 15) is 4.79 Å². The molecular formula is C34H43N3O3. The fourth-order valence-electron chi connectivity index (χ4n) is 4.87. The van der Waals surface area contributed by atoms with Crippen LogP contribution in [0.1, 0.15) is 60.2 Å². The van der Waals surface area contributed by atoms with Gasteiger partial charge in [-0.05, 0) is 99.9 Å². The van der Waals surface area contributed by atoms with Crippen LogP contribution in [0.2, 0.25) is 0 Å². The van der Waals surface area contributed by atoms with Gasteiger partial charge in [-0.25, -0.2) is 4.98 Å². The lowest BCUT2D eigenvalue weighted by Gasteiger charge is -2.12. The molecule has 1 amide bonds. The van der Waals surface area contributed by atoms with Crippen LogP contribution in [0.4, 0.5) is 0 Å². The van der Waals surface area contributed by atoms with E-state index in [0.29, 0.717) is 13.2 Å². The average molecular weight is 542 g/mol. The number of imidazole rings is 1. The van der Waals surface area contributed by atoms with Gasteiger partial charge in [-0.15, -0.1) is 0 Å². The van der Waals surface area contributed by atoms with E-state index >= 15 is 0 Å². The van der Waals surface area contributed by atoms with Crippen LogP contribution in [0.3, 0.4) is 0 Å². The summed E-state index contributed by atoms with van der Waals surface area (Å²) in [5.74, 6) is 2.82. The Labute approximate surface area is 238 Å². The summed E-state index contributed by atoms with van der Waals surface area (Å²) in [5, 5.41) is 2.98. The van der Waals surface area contributed by atoms with Crippen LogP contribution in [0.5, 0.6) is 11.5 Å². The van der Waals surface area contributed by atoms with Crippen LogP contribution in [0, 0.1) is 27.7 Å². The normalized spacial score (nSPS) is 11.1. The number of fused-ring (bicyclic) bond motifs is 1. The molecule has 0 atom stereocenters. The fourth-order valence-corrected chi connectivity index (χ4v) is 4.87. The molecule has 40 heavy (non-hydrogen) atoms. The molecule has 6 nitrogen and oxygen atoms in total. The van der Waals surface area contributed by atoms with Gasteiger partial charge in [0.1, 0.15) is 17.3 Å². The number of aromatic nitrogens is 2. The molecule has 4 aromatic rings. The first kappa shape index (κ1) is 29.2. The van der Waals surface area contributed by atoms with E-state index in [4.69, 9.17) is 14.5 Å². The van der Waals surface area contributed by atoms with Crippen LogP contribution in [-0.4, -0.2) is 35.2 Å². The number of carbonyl (C=O) groups is 1. The fraction of sp³-hybridized carbons (Fsp3) is 0.412. The molecule has 0 bridgehead atoms. The summed E-state index contributed by atoms with van der Waals surface area (Å²) in [6, 6.07) is 20.6. The number of unbranched alkanes of at least 4 members (excludes halogenated alkanes) is 3. The van der Waals surface area contributed by atoms with Crippen molar-refractivity contribution in [3.05, 3.63) is 88.7 Å². The number of para-hydroxylation sites is 2. The molecule has 0 aliphatic rings. The highest BCUT2D eigenvalue weighted by molar-refractivity contribution is 5.77. The Balaban J connectivity index is 1.18. The van der Waals surface area contributed by atoms with Gasteiger partial charge in [0, 0.05) is 19.5 Å². The largest absolute Gasteiger partial charge is 0.493 e. The molecule has 3 aromatic carbocycles. The average Bonchev–Trinajstić information content (AvgIpc) is 3.30. The lowest BCUT2D eigenvalue weighted by atomic mass is 10.1. The van der Waals surface area contributed by atoms with Crippen LogP contribution in [0.15, 0.2) is 60.7 Å². The lowest BCUT2D eigenvalue weighted by molar-refractivity contribution is -0.123. The van der Waals surface area contributed by atoms with Crippen LogP contribution in [0.25, 0.3) is 11.0 Å². The molecule has 0 saturated carbocycles. The van der Waals surface area contributed by atoms with Gasteiger partial charge in [0.25, 0.3) is 5.91 Å². The minimum Gasteiger partial charge on any atom is -0.493 e. The summed E-state index contributed by atoms with van der Waals surface area (Å²) in [6.07, 6.45) is 5.96. The number of aryl methyl sites for hydroxylation is 5. The summed E-state index contributed by atoms with van der Waals surface area (Å²) in [7, 11) is 0. The third-order valence-corrected chi connectivity index (χ3v) is 7.42. The van der Waals surface area contributed by atoms with E-state index in [2.05, 4.69) is 60.1 Å². The lowest BCUT2D eigenvalue weighted by Crippen LogP contribution is -2.29. The molecule has 1 aromatic heterocycles. The zero-order chi connectivity index (χ0) is 28.3. The molecule has 0 fully saturated rings. The van der Waals surface area contributed by atoms with Crippen molar-refractivity contribution in [2.45, 2.75) is 72.8 Å². The van der Waals surface area contributed by atoms with Gasteiger partial charge < -0.3 is 19.4 Å². The minimum atomic E-state index is -0.0794. The van der Waals surface area contributed by atoms with Crippen LogP contribution < -0.4 is 14.8 Å². The molecule has 0 aliphatic carbocycles. The van der Waals surface area contributed by atoms with Crippen LogP contribution >= 0.6 is 0 Å². The van der Waals surface area contributed by atoms with Gasteiger partial charge >= 0.3 is 0 Å². The monoisotopic (exact) mass is 541 g/mol. The summed E-state index contributed by atoms with van der Waals surface area (Å²) >= 11 is 0. The predicted octanol–water partition coefficient (Wildman–Crippen LogP) is 7.04. The van der Waals surface area contributed by atoms with Gasteiger partial charge in [0.2, 0.25) is 0 Å². The highest BCUT2D eigenvalue weighted by Crippen LogP contribution is 2.22. The van der Waals surface area contributed by atoms with E-state index in [-0.39, 0.29) is 12.5 Å². The summed E-state index contributed by atoms with van der Waals surface area (Å²) in [6.45, 7) is 10.6. The Morgan fingerprint density at radius 2 is 1.68 bits per heavy atom. The summed E-state index contributed by atoms with van der Waals surface area (Å²) in [5.41, 5.74) is 6.89. The number of nitrogens with one attached hydrogen (secondary N) is 1. The van der Waals surface area contributed by atoms with Crippen molar-refractivity contribution in [2.75, 3.05) is 19.8 Å². The Morgan fingerprint density at radius 3 is 2.55 bits per heavy atom. The maximum atomic E-state index is 12.2. The number of hydrogen-bond acceptors (Lipinski definition) is 4. The Hall–Kier alpha value is -3.80. The number of hydrogen-bond donors (Lipinski definition) is 1. The van der Waals surface area contributed by atoms with Gasteiger partial charge in [0.15, 0.2) is 6.61 Å². The Bertz CT molecular complexity index is 1410. The molecule has 0 aliphatic heterocycles. The van der Waals surface area contributed by atoms with Crippen molar-refractivity contribution < 1.29 is 14.3 Å². The molecular weight excluding hydrogens is 498 g/mol. The quantitative estimate of drug-likeness (QED) is 0.164. The molecule has 1 heterocycles. The summed E-state index contributed by atoms with van der Waals surface area (Å²) < 4.78 is 14.1. The number of carbonyl (C=O) groups excluding carboxylic acids is 1. The first-order valence-electron chi connectivity index (χ1n) is 14.5. The molecule has 1 N–H and O–H groups in total. The van der Waals surface area contributed by atoms with Crippen LogP contribution in [-0.2, 0) is 17.8 Å². The molecule has 0 spiro atoms. The summed E-state index contributed by atoms with van der Waals surface area (Å²) in [4.78, 5) is 17.1. The smallest absolute Gasteiger partial charge is 0.257 e.